The van der Waals surface area contributed by atoms with E-state index in [9.17, 15) is 0 Å². The number of hydrogen-bond donors (Lipinski definition) is 1. The second-order valence-electron chi connectivity index (χ2n) is 5.55. The summed E-state index contributed by atoms with van der Waals surface area (Å²) in [6.07, 6.45) is 4.01. The van der Waals surface area contributed by atoms with E-state index < -0.39 is 0 Å². The summed E-state index contributed by atoms with van der Waals surface area (Å²) in [5.41, 5.74) is 1.18. The van der Waals surface area contributed by atoms with E-state index in [-0.39, 0.29) is 0 Å². The molecule has 0 spiro atoms. The maximum atomic E-state index is 4.74. The van der Waals surface area contributed by atoms with Crippen LogP contribution < -0.4 is 10.2 Å². The summed E-state index contributed by atoms with van der Waals surface area (Å²) in [6.45, 7) is 9.90. The molecule has 0 saturated carbocycles. The SMILES string of the molecule is CCCC1CCN(c2nc(CNC(C)C)cs2)C1. The minimum atomic E-state index is 0.524. The van der Waals surface area contributed by atoms with Crippen molar-refractivity contribution in [3.63, 3.8) is 0 Å². The molecule has 0 aromatic carbocycles. The molecule has 1 N–H and O–H groups in total. The summed E-state index contributed by atoms with van der Waals surface area (Å²) < 4.78 is 0. The summed E-state index contributed by atoms with van der Waals surface area (Å²) in [4.78, 5) is 7.20. The average Bonchev–Trinajstić information content (AvgIpc) is 2.94. The number of nitrogens with one attached hydrogen (secondary N) is 1. The topological polar surface area (TPSA) is 28.2 Å². The molecule has 1 unspecified atom stereocenters. The minimum absolute atomic E-state index is 0.524. The van der Waals surface area contributed by atoms with Gasteiger partial charge in [0.15, 0.2) is 5.13 Å². The zero-order chi connectivity index (χ0) is 13.0. The monoisotopic (exact) mass is 267 g/mol. The van der Waals surface area contributed by atoms with Crippen molar-refractivity contribution in [2.75, 3.05) is 18.0 Å². The van der Waals surface area contributed by atoms with Crippen LogP contribution in [0.1, 0.15) is 45.7 Å². The van der Waals surface area contributed by atoms with Crippen LogP contribution in [0, 0.1) is 5.92 Å². The fourth-order valence-corrected chi connectivity index (χ4v) is 3.34. The van der Waals surface area contributed by atoms with Crippen molar-refractivity contribution in [3.8, 4) is 0 Å². The van der Waals surface area contributed by atoms with Crippen molar-refractivity contribution >= 4 is 16.5 Å². The van der Waals surface area contributed by atoms with Gasteiger partial charge in [0.1, 0.15) is 0 Å². The molecule has 1 aromatic heterocycles. The van der Waals surface area contributed by atoms with Crippen molar-refractivity contribution in [2.45, 2.75) is 52.6 Å². The first kappa shape index (κ1) is 13.8. The number of thiazole rings is 1. The molecule has 1 atom stereocenters. The molecule has 0 aliphatic carbocycles. The molecule has 0 radical (unpaired) electrons. The Labute approximate surface area is 115 Å². The molecule has 3 nitrogen and oxygen atoms in total. The number of nitrogens with zero attached hydrogens (tertiary/aromatic N) is 2. The third-order valence-electron chi connectivity index (χ3n) is 3.48. The highest BCUT2D eigenvalue weighted by atomic mass is 32.1. The summed E-state index contributed by atoms with van der Waals surface area (Å²) in [5, 5.41) is 6.83. The molecule has 0 bridgehead atoms. The Morgan fingerprint density at radius 1 is 1.56 bits per heavy atom. The number of rotatable bonds is 6. The highest BCUT2D eigenvalue weighted by Crippen LogP contribution is 2.28. The minimum Gasteiger partial charge on any atom is -0.348 e. The Morgan fingerprint density at radius 3 is 3.11 bits per heavy atom. The fraction of sp³-hybridized carbons (Fsp3) is 0.786. The standard InChI is InChI=1S/C14H25N3S/c1-4-5-12-6-7-17(9-12)14-16-13(10-18-14)8-15-11(2)3/h10-12,15H,4-9H2,1-3H3. The third kappa shape index (κ3) is 3.69. The largest absolute Gasteiger partial charge is 0.348 e. The predicted octanol–water partition coefficient (Wildman–Crippen LogP) is 3.27. The van der Waals surface area contributed by atoms with E-state index in [4.69, 9.17) is 4.98 Å². The molecule has 1 fully saturated rings. The smallest absolute Gasteiger partial charge is 0.185 e. The lowest BCUT2D eigenvalue weighted by molar-refractivity contribution is 0.529. The lowest BCUT2D eigenvalue weighted by Crippen LogP contribution is -2.22. The number of hydrogen-bond acceptors (Lipinski definition) is 4. The zero-order valence-corrected chi connectivity index (χ0v) is 12.6. The lowest BCUT2D eigenvalue weighted by atomic mass is 10.0. The van der Waals surface area contributed by atoms with Gasteiger partial charge in [0, 0.05) is 31.1 Å². The number of anilines is 1. The van der Waals surface area contributed by atoms with Crippen molar-refractivity contribution in [2.24, 2.45) is 5.92 Å². The zero-order valence-electron chi connectivity index (χ0n) is 11.8. The Bertz CT molecular complexity index is 362. The third-order valence-corrected chi connectivity index (χ3v) is 4.43. The van der Waals surface area contributed by atoms with Crippen LogP contribution in [0.4, 0.5) is 5.13 Å². The first-order valence-corrected chi connectivity index (χ1v) is 7.99. The Morgan fingerprint density at radius 2 is 2.39 bits per heavy atom. The van der Waals surface area contributed by atoms with Crippen LogP contribution in [0.3, 0.4) is 0 Å². The van der Waals surface area contributed by atoms with Crippen LogP contribution in [0.2, 0.25) is 0 Å². The molecular formula is C14H25N3S. The van der Waals surface area contributed by atoms with Gasteiger partial charge in [0.2, 0.25) is 0 Å². The van der Waals surface area contributed by atoms with Gasteiger partial charge in [0.25, 0.3) is 0 Å². The van der Waals surface area contributed by atoms with E-state index in [2.05, 4.69) is 36.4 Å². The molecule has 1 aliphatic heterocycles. The van der Waals surface area contributed by atoms with Gasteiger partial charge in [-0.2, -0.15) is 0 Å². The second-order valence-corrected chi connectivity index (χ2v) is 6.38. The maximum Gasteiger partial charge on any atom is 0.185 e. The molecule has 0 amide bonds. The van der Waals surface area contributed by atoms with E-state index in [1.807, 2.05) is 0 Å². The molecule has 102 valence electrons. The van der Waals surface area contributed by atoms with E-state index in [0.717, 1.165) is 12.5 Å². The van der Waals surface area contributed by atoms with Gasteiger partial charge in [0.05, 0.1) is 5.69 Å². The van der Waals surface area contributed by atoms with Crippen molar-refractivity contribution in [3.05, 3.63) is 11.1 Å². The predicted molar refractivity (Wildman–Crippen MR) is 79.3 cm³/mol. The molecule has 1 aromatic rings. The van der Waals surface area contributed by atoms with Crippen LogP contribution in [0.25, 0.3) is 0 Å². The molecule has 4 heteroatoms. The molecule has 1 aliphatic rings. The van der Waals surface area contributed by atoms with Crippen LogP contribution in [0.15, 0.2) is 5.38 Å². The molecule has 2 heterocycles. The van der Waals surface area contributed by atoms with Gasteiger partial charge in [-0.3, -0.25) is 0 Å². The molecular weight excluding hydrogens is 242 g/mol. The highest BCUT2D eigenvalue weighted by Gasteiger charge is 2.23. The molecule has 2 rings (SSSR count). The first-order valence-electron chi connectivity index (χ1n) is 7.11. The van der Waals surface area contributed by atoms with Gasteiger partial charge in [-0.25, -0.2) is 4.98 Å². The quantitative estimate of drug-likeness (QED) is 0.857. The van der Waals surface area contributed by atoms with Crippen LogP contribution >= 0.6 is 11.3 Å². The summed E-state index contributed by atoms with van der Waals surface area (Å²) in [5.74, 6) is 0.885. The van der Waals surface area contributed by atoms with Crippen LogP contribution in [-0.4, -0.2) is 24.1 Å². The molecule has 18 heavy (non-hydrogen) atoms. The lowest BCUT2D eigenvalue weighted by Gasteiger charge is -2.14. The Kier molecular flexibility index (Phi) is 5.01. The van der Waals surface area contributed by atoms with Crippen molar-refractivity contribution < 1.29 is 0 Å². The van der Waals surface area contributed by atoms with E-state index >= 15 is 0 Å². The molecule has 1 saturated heterocycles. The van der Waals surface area contributed by atoms with Gasteiger partial charge in [-0.05, 0) is 18.8 Å². The average molecular weight is 267 g/mol. The number of aromatic nitrogens is 1. The summed E-state index contributed by atoms with van der Waals surface area (Å²) in [6, 6.07) is 0.524. The Balaban J connectivity index is 1.86. The normalized spacial score (nSPS) is 20.0. The van der Waals surface area contributed by atoms with Crippen LogP contribution in [-0.2, 0) is 6.54 Å². The Hall–Kier alpha value is -0.610. The highest BCUT2D eigenvalue weighted by molar-refractivity contribution is 7.13. The summed E-state index contributed by atoms with van der Waals surface area (Å²) >= 11 is 1.79. The van der Waals surface area contributed by atoms with Crippen LogP contribution in [0.5, 0.6) is 0 Å². The van der Waals surface area contributed by atoms with E-state index in [1.165, 1.54) is 43.2 Å². The van der Waals surface area contributed by atoms with E-state index in [1.54, 1.807) is 11.3 Å². The van der Waals surface area contributed by atoms with E-state index in [0.29, 0.717) is 6.04 Å². The summed E-state index contributed by atoms with van der Waals surface area (Å²) in [7, 11) is 0. The second kappa shape index (κ2) is 6.53. The van der Waals surface area contributed by atoms with Crippen molar-refractivity contribution in [1.29, 1.82) is 0 Å². The van der Waals surface area contributed by atoms with Gasteiger partial charge >= 0.3 is 0 Å². The van der Waals surface area contributed by atoms with Gasteiger partial charge < -0.3 is 10.2 Å². The van der Waals surface area contributed by atoms with Crippen molar-refractivity contribution in [1.82, 2.24) is 10.3 Å². The van der Waals surface area contributed by atoms with Gasteiger partial charge in [-0.1, -0.05) is 27.2 Å². The first-order chi connectivity index (χ1) is 8.69. The fourth-order valence-electron chi connectivity index (χ4n) is 2.48. The van der Waals surface area contributed by atoms with Gasteiger partial charge in [-0.15, -0.1) is 11.3 Å². The maximum absolute atomic E-state index is 4.74.